The summed E-state index contributed by atoms with van der Waals surface area (Å²) in [5.41, 5.74) is 2.42. The molecule has 0 radical (unpaired) electrons. The van der Waals surface area contributed by atoms with Crippen LogP contribution in [0.4, 0.5) is 5.69 Å². The molecule has 1 N–H and O–H groups in total. The van der Waals surface area contributed by atoms with Crippen molar-refractivity contribution in [2.75, 3.05) is 11.4 Å². The lowest BCUT2D eigenvalue weighted by atomic mass is 10.1. The monoisotopic (exact) mass is 387 g/mol. The van der Waals surface area contributed by atoms with E-state index in [0.29, 0.717) is 11.4 Å². The van der Waals surface area contributed by atoms with Gasteiger partial charge in [-0.05, 0) is 52.3 Å². The van der Waals surface area contributed by atoms with Gasteiger partial charge in [-0.25, -0.2) is 4.98 Å². The molecule has 27 heavy (non-hydrogen) atoms. The van der Waals surface area contributed by atoms with Gasteiger partial charge in [-0.3, -0.25) is 14.5 Å². The number of nitrogens with zero attached hydrogens (tertiary/aromatic N) is 2. The summed E-state index contributed by atoms with van der Waals surface area (Å²) in [7, 11) is 0. The summed E-state index contributed by atoms with van der Waals surface area (Å²) in [6.07, 6.45) is 0.213. The molecule has 1 aromatic heterocycles. The van der Waals surface area contributed by atoms with Gasteiger partial charge < -0.3 is 10.1 Å². The van der Waals surface area contributed by atoms with Gasteiger partial charge in [0.1, 0.15) is 12.3 Å². The van der Waals surface area contributed by atoms with Gasteiger partial charge in [0.15, 0.2) is 6.10 Å². The zero-order valence-corrected chi connectivity index (χ0v) is 17.1. The zero-order valence-electron chi connectivity index (χ0n) is 16.3. The molecule has 0 fully saturated rings. The van der Waals surface area contributed by atoms with Crippen molar-refractivity contribution in [1.29, 1.82) is 0 Å². The average molecular weight is 388 g/mol. The highest BCUT2D eigenvalue weighted by molar-refractivity contribution is 7.11. The number of fused-ring (bicyclic) bond motifs is 1. The van der Waals surface area contributed by atoms with E-state index >= 15 is 0 Å². The Balaban J connectivity index is 1.96. The van der Waals surface area contributed by atoms with E-state index in [0.717, 1.165) is 27.6 Å². The van der Waals surface area contributed by atoms with E-state index < -0.39 is 6.10 Å². The van der Waals surface area contributed by atoms with Crippen molar-refractivity contribution in [2.45, 2.75) is 53.2 Å². The van der Waals surface area contributed by atoms with Crippen LogP contribution in [0.2, 0.25) is 0 Å². The van der Waals surface area contributed by atoms with Crippen LogP contribution in [0.15, 0.2) is 18.2 Å². The molecule has 2 amide bonds. The molecule has 0 aliphatic carbocycles. The molecule has 3 rings (SSSR count). The molecule has 2 heterocycles. The van der Waals surface area contributed by atoms with Crippen LogP contribution in [0.3, 0.4) is 0 Å². The Kier molecular flexibility index (Phi) is 5.51. The summed E-state index contributed by atoms with van der Waals surface area (Å²) in [6.45, 7) is 9.63. The molecule has 7 heteroatoms. The molecular formula is C20H25N3O3S. The molecule has 144 valence electrons. The largest absolute Gasteiger partial charge is 0.479 e. The van der Waals surface area contributed by atoms with E-state index in [4.69, 9.17) is 4.74 Å². The van der Waals surface area contributed by atoms with E-state index in [9.17, 15) is 9.59 Å². The van der Waals surface area contributed by atoms with Crippen LogP contribution < -0.4 is 15.0 Å². The Morgan fingerprint density at radius 3 is 2.78 bits per heavy atom. The highest BCUT2D eigenvalue weighted by atomic mass is 32.1. The van der Waals surface area contributed by atoms with Crippen LogP contribution in [0.5, 0.6) is 5.75 Å². The second kappa shape index (κ2) is 7.68. The molecule has 2 atom stereocenters. The summed E-state index contributed by atoms with van der Waals surface area (Å²) in [5.74, 6) is 0.209. The first kappa shape index (κ1) is 19.4. The summed E-state index contributed by atoms with van der Waals surface area (Å²) in [4.78, 5) is 32.3. The third kappa shape index (κ3) is 3.98. The number of rotatable bonds is 5. The smallest absolute Gasteiger partial charge is 0.268 e. The zero-order chi connectivity index (χ0) is 19.7. The van der Waals surface area contributed by atoms with Crippen molar-refractivity contribution in [2.24, 2.45) is 0 Å². The number of amides is 2. The van der Waals surface area contributed by atoms with Crippen LogP contribution in [0, 0.1) is 13.8 Å². The number of hydrogen-bond donors (Lipinski definition) is 1. The average Bonchev–Trinajstić information content (AvgIpc) is 2.96. The Morgan fingerprint density at radius 2 is 2.15 bits per heavy atom. The minimum atomic E-state index is -0.622. The Bertz CT molecular complexity index is 877. The number of ether oxygens (including phenoxy) is 1. The van der Waals surface area contributed by atoms with Crippen molar-refractivity contribution in [3.8, 4) is 17.0 Å². The highest BCUT2D eigenvalue weighted by Gasteiger charge is 2.33. The van der Waals surface area contributed by atoms with Gasteiger partial charge in [-0.1, -0.05) is 6.92 Å². The van der Waals surface area contributed by atoms with Crippen LogP contribution in [0.1, 0.15) is 37.1 Å². The summed E-state index contributed by atoms with van der Waals surface area (Å²) < 4.78 is 5.74. The van der Waals surface area contributed by atoms with Crippen LogP contribution >= 0.6 is 11.3 Å². The third-order valence-corrected chi connectivity index (χ3v) is 5.55. The summed E-state index contributed by atoms with van der Waals surface area (Å²) in [6, 6.07) is 5.75. The number of benzene rings is 1. The van der Waals surface area contributed by atoms with Gasteiger partial charge in [-0.15, -0.1) is 11.3 Å². The SMILES string of the molecule is CCC(C)NC(=O)CN1C(=O)C(C)Oc2ccc(-c3nc(C)sc3C)cc21. The number of thiazole rings is 1. The summed E-state index contributed by atoms with van der Waals surface area (Å²) >= 11 is 1.64. The molecule has 0 spiro atoms. The van der Waals surface area contributed by atoms with E-state index in [1.165, 1.54) is 4.90 Å². The van der Waals surface area contributed by atoms with Crippen LogP contribution in [-0.4, -0.2) is 35.5 Å². The van der Waals surface area contributed by atoms with Crippen molar-refractivity contribution < 1.29 is 14.3 Å². The Hall–Kier alpha value is -2.41. The van der Waals surface area contributed by atoms with Gasteiger partial charge >= 0.3 is 0 Å². The minimum Gasteiger partial charge on any atom is -0.479 e. The van der Waals surface area contributed by atoms with Gasteiger partial charge in [0.05, 0.1) is 16.4 Å². The number of anilines is 1. The first-order valence-corrected chi connectivity index (χ1v) is 9.97. The molecule has 2 unspecified atom stereocenters. The number of nitrogens with one attached hydrogen (secondary N) is 1. The molecular weight excluding hydrogens is 362 g/mol. The topological polar surface area (TPSA) is 71.5 Å². The number of hydrogen-bond acceptors (Lipinski definition) is 5. The fourth-order valence-corrected chi connectivity index (χ4v) is 3.92. The van der Waals surface area contributed by atoms with Gasteiger partial charge in [0.2, 0.25) is 5.91 Å². The highest BCUT2D eigenvalue weighted by Crippen LogP contribution is 2.38. The van der Waals surface area contributed by atoms with Crippen molar-refractivity contribution >= 4 is 28.8 Å². The standard InChI is InChI=1S/C20H25N3O3S/c1-6-11(2)21-18(24)10-23-16-9-15(19-13(4)27-14(5)22-19)7-8-17(16)26-12(3)20(23)25/h7-9,11-12H,6,10H2,1-5H3,(H,21,24). The lowest BCUT2D eigenvalue weighted by Gasteiger charge is -2.33. The predicted molar refractivity (Wildman–Crippen MR) is 107 cm³/mol. The number of carbonyl (C=O) groups is 2. The van der Waals surface area contributed by atoms with Gasteiger partial charge in [-0.2, -0.15) is 0 Å². The van der Waals surface area contributed by atoms with E-state index in [1.807, 2.05) is 45.9 Å². The lowest BCUT2D eigenvalue weighted by molar-refractivity contribution is -0.128. The maximum Gasteiger partial charge on any atom is 0.268 e. The number of aromatic nitrogens is 1. The lowest BCUT2D eigenvalue weighted by Crippen LogP contribution is -2.49. The van der Waals surface area contributed by atoms with Crippen molar-refractivity contribution in [3.63, 3.8) is 0 Å². The quantitative estimate of drug-likeness (QED) is 0.853. The number of aryl methyl sites for hydroxylation is 2. The molecule has 0 bridgehead atoms. The van der Waals surface area contributed by atoms with Crippen LogP contribution in [0.25, 0.3) is 11.3 Å². The fraction of sp³-hybridized carbons (Fsp3) is 0.450. The fourth-order valence-electron chi connectivity index (χ4n) is 3.08. The first-order chi connectivity index (χ1) is 12.8. The van der Waals surface area contributed by atoms with E-state index in [2.05, 4.69) is 10.3 Å². The van der Waals surface area contributed by atoms with E-state index in [-0.39, 0.29) is 24.4 Å². The van der Waals surface area contributed by atoms with Crippen molar-refractivity contribution in [3.05, 3.63) is 28.1 Å². The Morgan fingerprint density at radius 1 is 1.41 bits per heavy atom. The predicted octanol–water partition coefficient (Wildman–Crippen LogP) is 3.46. The second-order valence-electron chi connectivity index (χ2n) is 6.88. The van der Waals surface area contributed by atoms with E-state index in [1.54, 1.807) is 18.3 Å². The molecule has 1 aliphatic rings. The molecule has 2 aromatic rings. The minimum absolute atomic E-state index is 0.0254. The first-order valence-electron chi connectivity index (χ1n) is 9.16. The molecule has 1 aromatic carbocycles. The second-order valence-corrected chi connectivity index (χ2v) is 8.29. The van der Waals surface area contributed by atoms with Crippen molar-refractivity contribution in [1.82, 2.24) is 10.3 Å². The normalized spacial score (nSPS) is 17.3. The molecule has 0 saturated carbocycles. The van der Waals surface area contributed by atoms with Gasteiger partial charge in [0.25, 0.3) is 5.91 Å². The Labute approximate surface area is 163 Å². The molecule has 0 saturated heterocycles. The third-order valence-electron chi connectivity index (χ3n) is 4.67. The number of carbonyl (C=O) groups excluding carboxylic acids is 2. The van der Waals surface area contributed by atoms with Gasteiger partial charge in [0, 0.05) is 16.5 Å². The molecule has 1 aliphatic heterocycles. The maximum absolute atomic E-state index is 12.7. The molecule has 6 nitrogen and oxygen atoms in total. The summed E-state index contributed by atoms with van der Waals surface area (Å²) in [5, 5.41) is 3.91. The van der Waals surface area contributed by atoms with Crippen LogP contribution in [-0.2, 0) is 9.59 Å². The maximum atomic E-state index is 12.7.